The Labute approximate surface area is 144 Å². The van der Waals surface area contributed by atoms with E-state index in [9.17, 15) is 24.0 Å². The van der Waals surface area contributed by atoms with Crippen molar-refractivity contribution in [3.63, 3.8) is 0 Å². The summed E-state index contributed by atoms with van der Waals surface area (Å²) in [5, 5.41) is 24.5. The molecule has 25 heavy (non-hydrogen) atoms. The SMILES string of the molecule is CC(=O)NC(CCC(=O)O)C(=O)NC(CCC(=O)O)C(=O)NCCN. The van der Waals surface area contributed by atoms with E-state index in [-0.39, 0.29) is 38.8 Å². The third-order valence-electron chi connectivity index (χ3n) is 3.06. The molecular formula is C14H24N4O7. The van der Waals surface area contributed by atoms with Crippen LogP contribution < -0.4 is 21.7 Å². The Kier molecular flexibility index (Phi) is 10.5. The highest BCUT2D eigenvalue weighted by Gasteiger charge is 2.26. The van der Waals surface area contributed by atoms with Crippen LogP contribution in [-0.4, -0.2) is 65.0 Å². The molecule has 0 saturated carbocycles. The number of rotatable bonds is 12. The molecule has 0 heterocycles. The smallest absolute Gasteiger partial charge is 0.303 e. The Bertz CT molecular complexity index is 509. The maximum atomic E-state index is 12.3. The Morgan fingerprint density at radius 3 is 1.76 bits per heavy atom. The maximum Gasteiger partial charge on any atom is 0.303 e. The molecule has 0 aliphatic heterocycles. The molecular weight excluding hydrogens is 336 g/mol. The van der Waals surface area contributed by atoms with Crippen LogP contribution in [0.3, 0.4) is 0 Å². The summed E-state index contributed by atoms with van der Waals surface area (Å²) in [6, 6.07) is -2.29. The van der Waals surface area contributed by atoms with Crippen molar-refractivity contribution in [1.82, 2.24) is 16.0 Å². The van der Waals surface area contributed by atoms with Crippen LogP contribution in [0.4, 0.5) is 0 Å². The zero-order valence-corrected chi connectivity index (χ0v) is 13.9. The van der Waals surface area contributed by atoms with Crippen LogP contribution in [0.5, 0.6) is 0 Å². The van der Waals surface area contributed by atoms with Crippen LogP contribution in [0.25, 0.3) is 0 Å². The van der Waals surface area contributed by atoms with Crippen LogP contribution in [-0.2, 0) is 24.0 Å². The molecule has 7 N–H and O–H groups in total. The van der Waals surface area contributed by atoms with Gasteiger partial charge in [-0.25, -0.2) is 0 Å². The van der Waals surface area contributed by atoms with Crippen molar-refractivity contribution in [3.05, 3.63) is 0 Å². The van der Waals surface area contributed by atoms with Crippen molar-refractivity contribution >= 4 is 29.7 Å². The largest absolute Gasteiger partial charge is 0.481 e. The summed E-state index contributed by atoms with van der Waals surface area (Å²) in [5.74, 6) is -4.21. The summed E-state index contributed by atoms with van der Waals surface area (Å²) in [7, 11) is 0. The summed E-state index contributed by atoms with van der Waals surface area (Å²) in [6.45, 7) is 1.47. The van der Waals surface area contributed by atoms with Gasteiger partial charge in [-0.3, -0.25) is 24.0 Å². The van der Waals surface area contributed by atoms with Gasteiger partial charge in [0.05, 0.1) is 0 Å². The van der Waals surface area contributed by atoms with Gasteiger partial charge in [0.1, 0.15) is 12.1 Å². The first kappa shape index (κ1) is 22.3. The number of hydrogen-bond donors (Lipinski definition) is 6. The van der Waals surface area contributed by atoms with E-state index in [1.807, 2.05) is 0 Å². The number of carboxylic acids is 2. The summed E-state index contributed by atoms with van der Waals surface area (Å²) in [5.41, 5.74) is 5.27. The van der Waals surface area contributed by atoms with Gasteiger partial charge >= 0.3 is 11.9 Å². The molecule has 0 rings (SSSR count). The molecule has 0 aromatic heterocycles. The second-order valence-corrected chi connectivity index (χ2v) is 5.26. The second-order valence-electron chi connectivity index (χ2n) is 5.26. The van der Waals surface area contributed by atoms with Gasteiger partial charge in [0.2, 0.25) is 17.7 Å². The van der Waals surface area contributed by atoms with E-state index in [1.165, 1.54) is 0 Å². The standard InChI is InChI=1S/C14H24N4O7/c1-8(19)17-10(3-5-12(22)23)14(25)18-9(2-4-11(20)21)13(24)16-7-6-15/h9-10H,2-7,15H2,1H3,(H,16,24)(H,17,19)(H,18,25)(H,20,21)(H,22,23). The third-order valence-corrected chi connectivity index (χ3v) is 3.06. The number of carboxylic acid groups (broad SMARTS) is 2. The minimum Gasteiger partial charge on any atom is -0.481 e. The zero-order valence-electron chi connectivity index (χ0n) is 13.9. The number of hydrogen-bond acceptors (Lipinski definition) is 6. The first-order chi connectivity index (χ1) is 11.7. The topological polar surface area (TPSA) is 188 Å². The molecule has 3 amide bonds. The van der Waals surface area contributed by atoms with Crippen molar-refractivity contribution in [2.45, 2.75) is 44.7 Å². The van der Waals surface area contributed by atoms with Gasteiger partial charge in [-0.15, -0.1) is 0 Å². The fourth-order valence-electron chi connectivity index (χ4n) is 1.91. The molecule has 0 radical (unpaired) electrons. The Balaban J connectivity index is 4.99. The lowest BCUT2D eigenvalue weighted by Crippen LogP contribution is -2.54. The Morgan fingerprint density at radius 1 is 0.880 bits per heavy atom. The minimum absolute atomic E-state index is 0.145. The summed E-state index contributed by atoms with van der Waals surface area (Å²) in [4.78, 5) is 56.8. The van der Waals surface area contributed by atoms with Crippen molar-refractivity contribution in [2.24, 2.45) is 5.73 Å². The average Bonchev–Trinajstić information content (AvgIpc) is 2.51. The van der Waals surface area contributed by atoms with Crippen molar-refractivity contribution in [2.75, 3.05) is 13.1 Å². The molecule has 11 heteroatoms. The molecule has 2 unspecified atom stereocenters. The quantitative estimate of drug-likeness (QED) is 0.226. The van der Waals surface area contributed by atoms with Crippen LogP contribution in [0.1, 0.15) is 32.6 Å². The number of carbonyl (C=O) groups excluding carboxylic acids is 3. The summed E-state index contributed by atoms with van der Waals surface area (Å²) in [6.07, 6.45) is -1.06. The zero-order chi connectivity index (χ0) is 19.4. The fourth-order valence-corrected chi connectivity index (χ4v) is 1.91. The molecule has 142 valence electrons. The predicted octanol–water partition coefficient (Wildman–Crippen LogP) is -2.22. The molecule has 0 bridgehead atoms. The molecule has 11 nitrogen and oxygen atoms in total. The van der Waals surface area contributed by atoms with E-state index < -0.39 is 41.7 Å². The van der Waals surface area contributed by atoms with E-state index >= 15 is 0 Å². The van der Waals surface area contributed by atoms with Gasteiger partial charge in [-0.1, -0.05) is 0 Å². The summed E-state index contributed by atoms with van der Waals surface area (Å²) < 4.78 is 0. The molecule has 0 fully saturated rings. The van der Waals surface area contributed by atoms with Gasteiger partial charge in [0, 0.05) is 32.9 Å². The van der Waals surface area contributed by atoms with Crippen molar-refractivity contribution in [1.29, 1.82) is 0 Å². The number of nitrogens with two attached hydrogens (primary N) is 1. The van der Waals surface area contributed by atoms with Gasteiger partial charge in [0.25, 0.3) is 0 Å². The minimum atomic E-state index is -1.15. The van der Waals surface area contributed by atoms with Crippen LogP contribution in [0, 0.1) is 0 Å². The van der Waals surface area contributed by atoms with E-state index in [4.69, 9.17) is 15.9 Å². The lowest BCUT2D eigenvalue weighted by atomic mass is 10.1. The molecule has 0 aromatic rings. The predicted molar refractivity (Wildman–Crippen MR) is 85.3 cm³/mol. The number of aliphatic carboxylic acids is 2. The van der Waals surface area contributed by atoms with Crippen LogP contribution >= 0.6 is 0 Å². The first-order valence-electron chi connectivity index (χ1n) is 7.66. The van der Waals surface area contributed by atoms with Crippen molar-refractivity contribution < 1.29 is 34.2 Å². The second kappa shape index (κ2) is 11.8. The number of amides is 3. The Morgan fingerprint density at radius 2 is 1.36 bits per heavy atom. The van der Waals surface area contributed by atoms with Crippen molar-refractivity contribution in [3.8, 4) is 0 Å². The Hall–Kier alpha value is -2.69. The fraction of sp³-hybridized carbons (Fsp3) is 0.643. The van der Waals surface area contributed by atoms with Crippen LogP contribution in [0.2, 0.25) is 0 Å². The van der Waals surface area contributed by atoms with E-state index in [0.29, 0.717) is 0 Å². The molecule has 0 aromatic carbocycles. The number of nitrogens with one attached hydrogen (secondary N) is 3. The highest BCUT2D eigenvalue weighted by atomic mass is 16.4. The average molecular weight is 360 g/mol. The van der Waals surface area contributed by atoms with Gasteiger partial charge in [0.15, 0.2) is 0 Å². The maximum absolute atomic E-state index is 12.3. The first-order valence-corrected chi connectivity index (χ1v) is 7.66. The van der Waals surface area contributed by atoms with Crippen LogP contribution in [0.15, 0.2) is 0 Å². The highest BCUT2D eigenvalue weighted by Crippen LogP contribution is 2.03. The molecule has 0 aliphatic carbocycles. The number of carbonyl (C=O) groups is 5. The normalized spacial score (nSPS) is 12.6. The monoisotopic (exact) mass is 360 g/mol. The van der Waals surface area contributed by atoms with E-state index in [1.54, 1.807) is 0 Å². The summed E-state index contributed by atoms with van der Waals surface area (Å²) >= 11 is 0. The van der Waals surface area contributed by atoms with Gasteiger partial charge in [-0.2, -0.15) is 0 Å². The molecule has 0 spiro atoms. The third kappa shape index (κ3) is 10.7. The molecule has 0 aliphatic rings. The molecule has 2 atom stereocenters. The van der Waals surface area contributed by atoms with E-state index in [0.717, 1.165) is 6.92 Å². The lowest BCUT2D eigenvalue weighted by Gasteiger charge is -2.22. The highest BCUT2D eigenvalue weighted by molar-refractivity contribution is 5.92. The van der Waals surface area contributed by atoms with Gasteiger partial charge in [-0.05, 0) is 12.8 Å². The molecule has 0 saturated heterocycles. The van der Waals surface area contributed by atoms with Gasteiger partial charge < -0.3 is 31.9 Å². The van der Waals surface area contributed by atoms with E-state index in [2.05, 4.69) is 16.0 Å². The lowest BCUT2D eigenvalue weighted by molar-refractivity contribution is -0.139.